The molecule has 0 bridgehead atoms. The highest BCUT2D eigenvalue weighted by atomic mass is 16.5. The van der Waals surface area contributed by atoms with Crippen LogP contribution in [0.4, 0.5) is 0 Å². The molecular formula is C23H30N2O2. The standard InChI is InChI=1S/C23H30N2O2/c1-18-9-11-19(12-10-18)21(25-15-5-6-16-25)17-24-23(26)14-13-20-7-3-4-8-22(20)27-2/h3-4,7-12,21H,5-6,13-17H2,1-2H3,(H,24,26). The van der Waals surface area contributed by atoms with E-state index in [1.807, 2.05) is 24.3 Å². The van der Waals surface area contributed by atoms with Gasteiger partial charge in [-0.1, -0.05) is 48.0 Å². The van der Waals surface area contributed by atoms with Crippen molar-refractivity contribution in [2.75, 3.05) is 26.7 Å². The molecular weight excluding hydrogens is 336 g/mol. The number of nitrogens with one attached hydrogen (secondary N) is 1. The molecule has 1 heterocycles. The number of amides is 1. The maximum Gasteiger partial charge on any atom is 0.220 e. The first-order valence-electron chi connectivity index (χ1n) is 9.86. The van der Waals surface area contributed by atoms with E-state index in [1.54, 1.807) is 7.11 Å². The van der Waals surface area contributed by atoms with Crippen molar-refractivity contribution in [1.82, 2.24) is 10.2 Å². The zero-order valence-corrected chi connectivity index (χ0v) is 16.4. The van der Waals surface area contributed by atoms with Gasteiger partial charge in [-0.2, -0.15) is 0 Å². The van der Waals surface area contributed by atoms with Gasteiger partial charge in [0.05, 0.1) is 13.2 Å². The maximum atomic E-state index is 12.5. The average Bonchev–Trinajstić information content (AvgIpc) is 3.22. The lowest BCUT2D eigenvalue weighted by atomic mass is 10.0. The summed E-state index contributed by atoms with van der Waals surface area (Å²) in [7, 11) is 1.67. The molecule has 0 radical (unpaired) electrons. The molecule has 1 aliphatic rings. The third-order valence-corrected chi connectivity index (χ3v) is 5.35. The lowest BCUT2D eigenvalue weighted by Crippen LogP contribution is -2.36. The zero-order chi connectivity index (χ0) is 19.1. The summed E-state index contributed by atoms with van der Waals surface area (Å²) in [5.41, 5.74) is 3.62. The van der Waals surface area contributed by atoms with Crippen LogP contribution in [-0.4, -0.2) is 37.6 Å². The number of para-hydroxylation sites is 1. The fraction of sp³-hybridized carbons (Fsp3) is 0.435. The van der Waals surface area contributed by atoms with Crippen LogP contribution in [-0.2, 0) is 11.2 Å². The second-order valence-corrected chi connectivity index (χ2v) is 7.29. The van der Waals surface area contributed by atoms with Gasteiger partial charge in [0.25, 0.3) is 0 Å². The van der Waals surface area contributed by atoms with Crippen LogP contribution in [0.15, 0.2) is 48.5 Å². The number of rotatable bonds is 8. The van der Waals surface area contributed by atoms with Gasteiger partial charge in [-0.3, -0.25) is 9.69 Å². The van der Waals surface area contributed by atoms with Gasteiger partial charge >= 0.3 is 0 Å². The van der Waals surface area contributed by atoms with Gasteiger partial charge in [-0.25, -0.2) is 0 Å². The number of carbonyl (C=O) groups excluding carboxylic acids is 1. The summed E-state index contributed by atoms with van der Waals surface area (Å²) >= 11 is 0. The number of carbonyl (C=O) groups is 1. The molecule has 1 atom stereocenters. The number of hydrogen-bond donors (Lipinski definition) is 1. The van der Waals surface area contributed by atoms with Crippen LogP contribution in [0, 0.1) is 6.92 Å². The van der Waals surface area contributed by atoms with E-state index >= 15 is 0 Å². The Kier molecular flexibility index (Phi) is 6.88. The largest absolute Gasteiger partial charge is 0.496 e. The van der Waals surface area contributed by atoms with Gasteiger partial charge in [0.15, 0.2) is 0 Å². The first kappa shape index (κ1) is 19.4. The van der Waals surface area contributed by atoms with Gasteiger partial charge in [0.2, 0.25) is 5.91 Å². The Morgan fingerprint density at radius 2 is 1.81 bits per heavy atom. The van der Waals surface area contributed by atoms with Crippen molar-refractivity contribution in [3.05, 3.63) is 65.2 Å². The average molecular weight is 367 g/mol. The predicted octanol–water partition coefficient (Wildman–Crippen LogP) is 3.89. The fourth-order valence-corrected chi connectivity index (χ4v) is 3.76. The summed E-state index contributed by atoms with van der Waals surface area (Å²) in [5, 5.41) is 3.16. The summed E-state index contributed by atoms with van der Waals surface area (Å²) in [6.45, 7) is 4.98. The van der Waals surface area contributed by atoms with E-state index in [2.05, 4.69) is 41.4 Å². The Morgan fingerprint density at radius 3 is 2.52 bits per heavy atom. The Morgan fingerprint density at radius 1 is 1.11 bits per heavy atom. The van der Waals surface area contributed by atoms with Crippen molar-refractivity contribution in [2.45, 2.75) is 38.6 Å². The maximum absolute atomic E-state index is 12.5. The molecule has 27 heavy (non-hydrogen) atoms. The molecule has 3 rings (SSSR count). The van der Waals surface area contributed by atoms with Crippen molar-refractivity contribution in [1.29, 1.82) is 0 Å². The predicted molar refractivity (Wildman–Crippen MR) is 109 cm³/mol. The second kappa shape index (κ2) is 9.56. The molecule has 1 unspecified atom stereocenters. The van der Waals surface area contributed by atoms with Crippen molar-refractivity contribution in [3.63, 3.8) is 0 Å². The van der Waals surface area contributed by atoms with E-state index in [-0.39, 0.29) is 11.9 Å². The Balaban J connectivity index is 1.57. The number of hydrogen-bond acceptors (Lipinski definition) is 3. The summed E-state index contributed by atoms with van der Waals surface area (Å²) in [6.07, 6.45) is 3.64. The van der Waals surface area contributed by atoms with Gasteiger partial charge in [-0.05, 0) is 56.5 Å². The first-order valence-corrected chi connectivity index (χ1v) is 9.86. The molecule has 1 N–H and O–H groups in total. The molecule has 144 valence electrons. The second-order valence-electron chi connectivity index (χ2n) is 7.29. The molecule has 2 aromatic rings. The van der Waals surface area contributed by atoms with Crippen molar-refractivity contribution in [2.24, 2.45) is 0 Å². The Labute approximate surface area is 162 Å². The van der Waals surface area contributed by atoms with Gasteiger partial charge in [0, 0.05) is 13.0 Å². The smallest absolute Gasteiger partial charge is 0.220 e. The summed E-state index contributed by atoms with van der Waals surface area (Å²) in [5.74, 6) is 0.942. The van der Waals surface area contributed by atoms with E-state index < -0.39 is 0 Å². The van der Waals surface area contributed by atoms with Crippen LogP contribution in [0.25, 0.3) is 0 Å². The Bertz CT molecular complexity index is 736. The molecule has 0 spiro atoms. The van der Waals surface area contributed by atoms with Crippen LogP contribution in [0.1, 0.15) is 42.0 Å². The molecule has 4 nitrogen and oxygen atoms in total. The number of aryl methyl sites for hydroxylation is 2. The molecule has 1 fully saturated rings. The van der Waals surface area contributed by atoms with E-state index in [4.69, 9.17) is 4.74 Å². The van der Waals surface area contributed by atoms with Crippen molar-refractivity contribution in [3.8, 4) is 5.75 Å². The molecule has 0 aromatic heterocycles. The minimum Gasteiger partial charge on any atom is -0.496 e. The fourth-order valence-electron chi connectivity index (χ4n) is 3.76. The molecule has 0 aliphatic carbocycles. The van der Waals surface area contributed by atoms with E-state index in [0.29, 0.717) is 19.4 Å². The minimum absolute atomic E-state index is 0.0946. The number of ether oxygens (including phenoxy) is 1. The molecule has 4 heteroatoms. The van der Waals surface area contributed by atoms with Crippen molar-refractivity contribution >= 4 is 5.91 Å². The third kappa shape index (κ3) is 5.33. The van der Waals surface area contributed by atoms with Crippen LogP contribution < -0.4 is 10.1 Å². The summed E-state index contributed by atoms with van der Waals surface area (Å²) < 4.78 is 5.37. The molecule has 2 aromatic carbocycles. The Hall–Kier alpha value is -2.33. The number of likely N-dealkylation sites (tertiary alicyclic amines) is 1. The number of benzene rings is 2. The van der Waals surface area contributed by atoms with Crippen LogP contribution in [0.5, 0.6) is 5.75 Å². The molecule has 1 aliphatic heterocycles. The summed E-state index contributed by atoms with van der Waals surface area (Å²) in [6, 6.07) is 16.8. The van der Waals surface area contributed by atoms with E-state index in [0.717, 1.165) is 24.4 Å². The SMILES string of the molecule is COc1ccccc1CCC(=O)NCC(c1ccc(C)cc1)N1CCCC1. The lowest BCUT2D eigenvalue weighted by molar-refractivity contribution is -0.121. The molecule has 1 amide bonds. The normalized spacial score (nSPS) is 15.5. The highest BCUT2D eigenvalue weighted by molar-refractivity contribution is 5.76. The number of nitrogens with zero attached hydrogens (tertiary/aromatic N) is 1. The highest BCUT2D eigenvalue weighted by Gasteiger charge is 2.23. The van der Waals surface area contributed by atoms with Gasteiger partial charge in [0.1, 0.15) is 5.75 Å². The minimum atomic E-state index is 0.0946. The summed E-state index contributed by atoms with van der Waals surface area (Å²) in [4.78, 5) is 14.9. The van der Waals surface area contributed by atoms with Gasteiger partial charge < -0.3 is 10.1 Å². The quantitative estimate of drug-likeness (QED) is 0.771. The lowest BCUT2D eigenvalue weighted by Gasteiger charge is -2.28. The van der Waals surface area contributed by atoms with E-state index in [9.17, 15) is 4.79 Å². The highest BCUT2D eigenvalue weighted by Crippen LogP contribution is 2.25. The topological polar surface area (TPSA) is 41.6 Å². The monoisotopic (exact) mass is 366 g/mol. The van der Waals surface area contributed by atoms with Crippen LogP contribution in [0.3, 0.4) is 0 Å². The van der Waals surface area contributed by atoms with Crippen LogP contribution >= 0.6 is 0 Å². The van der Waals surface area contributed by atoms with Gasteiger partial charge in [-0.15, -0.1) is 0 Å². The van der Waals surface area contributed by atoms with E-state index in [1.165, 1.54) is 24.0 Å². The number of methoxy groups -OCH3 is 1. The zero-order valence-electron chi connectivity index (χ0n) is 16.4. The van der Waals surface area contributed by atoms with Crippen LogP contribution in [0.2, 0.25) is 0 Å². The molecule has 0 saturated carbocycles. The third-order valence-electron chi connectivity index (χ3n) is 5.35. The van der Waals surface area contributed by atoms with Crippen molar-refractivity contribution < 1.29 is 9.53 Å². The molecule has 1 saturated heterocycles. The first-order chi connectivity index (χ1) is 13.2.